The molecular weight excluding hydrogens is 881 g/mol. The molecule has 0 aliphatic carbocycles. The van der Waals surface area contributed by atoms with Gasteiger partial charge < -0.3 is 29.1 Å². The van der Waals surface area contributed by atoms with Crippen LogP contribution in [0.4, 0.5) is 23.0 Å². The van der Waals surface area contributed by atoms with Crippen LogP contribution in [0.25, 0.3) is 22.3 Å². The Labute approximate surface area is 411 Å². The Morgan fingerprint density at radius 2 is 1.07 bits per heavy atom. The first-order valence-corrected chi connectivity index (χ1v) is 25.7. The summed E-state index contributed by atoms with van der Waals surface area (Å²) >= 11 is 0. The van der Waals surface area contributed by atoms with E-state index in [9.17, 15) is 9.59 Å². The summed E-state index contributed by atoms with van der Waals surface area (Å²) in [6.07, 6.45) is 16.0. The van der Waals surface area contributed by atoms with Crippen LogP contribution in [-0.2, 0) is 71.9 Å². The molecule has 0 unspecified atom stereocenters. The van der Waals surface area contributed by atoms with Gasteiger partial charge in [-0.3, -0.25) is 28.3 Å². The minimum Gasteiger partial charge on any atom is -0.379 e. The van der Waals surface area contributed by atoms with Crippen molar-refractivity contribution in [3.8, 4) is 22.3 Å². The van der Waals surface area contributed by atoms with Gasteiger partial charge in [-0.25, -0.2) is 0 Å². The lowest BCUT2D eigenvalue weighted by molar-refractivity contribution is -0.130. The average molecular weight is 949 g/mol. The first kappa shape index (κ1) is 46.1. The van der Waals surface area contributed by atoms with Crippen molar-refractivity contribution in [1.29, 1.82) is 0 Å². The normalized spacial score (nSPS) is 21.8. The van der Waals surface area contributed by atoms with Crippen LogP contribution in [0, 0.1) is 11.8 Å². The van der Waals surface area contributed by atoms with E-state index in [1.165, 1.54) is 56.1 Å². The van der Waals surface area contributed by atoms with Gasteiger partial charge in [0.15, 0.2) is 11.6 Å². The molecule has 2 aromatic carbocycles. The average Bonchev–Trinajstić information content (AvgIpc) is 4.25. The van der Waals surface area contributed by atoms with Crippen LogP contribution in [0.1, 0.15) is 99.1 Å². The van der Waals surface area contributed by atoms with Crippen LogP contribution in [0.15, 0.2) is 61.2 Å². The number of aromatic nitrogens is 8. The van der Waals surface area contributed by atoms with E-state index in [-0.39, 0.29) is 23.9 Å². The van der Waals surface area contributed by atoms with Crippen molar-refractivity contribution in [2.45, 2.75) is 104 Å². The molecule has 6 aromatic rings. The number of anilines is 4. The minimum atomic E-state index is 0.130. The van der Waals surface area contributed by atoms with Gasteiger partial charge in [0.2, 0.25) is 11.8 Å². The Balaban J connectivity index is 0.000000152. The van der Waals surface area contributed by atoms with Crippen LogP contribution >= 0.6 is 0 Å². The van der Waals surface area contributed by atoms with Gasteiger partial charge in [-0.2, -0.15) is 20.4 Å². The van der Waals surface area contributed by atoms with E-state index in [1.54, 1.807) is 13.8 Å². The number of fused-ring (bicyclic) bond motifs is 4. The Hall–Kier alpha value is -6.26. The van der Waals surface area contributed by atoms with E-state index < -0.39 is 0 Å². The number of hydrogen-bond donors (Lipinski definition) is 0. The molecule has 6 aliphatic heterocycles. The number of ether oxygens (including phenoxy) is 2. The number of amides is 2. The fourth-order valence-corrected chi connectivity index (χ4v) is 11.8. The molecule has 12 rings (SSSR count). The van der Waals surface area contributed by atoms with Crippen molar-refractivity contribution < 1.29 is 19.1 Å². The highest BCUT2D eigenvalue weighted by atomic mass is 16.5. The summed E-state index contributed by atoms with van der Waals surface area (Å²) < 4.78 is 19.6. The molecule has 10 heterocycles. The summed E-state index contributed by atoms with van der Waals surface area (Å²) in [6, 6.07) is 14.1. The summed E-state index contributed by atoms with van der Waals surface area (Å²) in [6.45, 7) is 15.6. The lowest BCUT2D eigenvalue weighted by atomic mass is 9.88. The fraction of sp³-hybridized carbons (Fsp3) is 0.519. The highest BCUT2D eigenvalue weighted by Gasteiger charge is 2.37. The largest absolute Gasteiger partial charge is 0.379 e. The van der Waals surface area contributed by atoms with Crippen molar-refractivity contribution in [1.82, 2.24) is 48.9 Å². The van der Waals surface area contributed by atoms with Crippen molar-refractivity contribution in [2.24, 2.45) is 25.9 Å². The topological polar surface area (TPSA) is 137 Å². The second-order valence-electron chi connectivity index (χ2n) is 20.5. The van der Waals surface area contributed by atoms with Gasteiger partial charge in [0.1, 0.15) is 0 Å². The molecule has 2 saturated heterocycles. The third kappa shape index (κ3) is 8.71. The standard InChI is InChI=1S/2C27H34N6O2/c2*1-4-19-11-21-12-20(22-13-28-30(3)15-22)5-6-25(21)32(14-19)27-24-16-31(18(2)34)9-7-26(24)33(29-27)23-8-10-35-17-23/h2*5-6,12-13,15,19,23H,4,7-11,14,16-17H2,1-3H3/t19-,23+;19-,23-/m10/s1. The van der Waals surface area contributed by atoms with Gasteiger partial charge in [-0.1, -0.05) is 38.8 Å². The molecule has 0 bridgehead atoms. The molecule has 16 nitrogen and oxygen atoms in total. The maximum atomic E-state index is 12.3. The van der Waals surface area contributed by atoms with Crippen molar-refractivity contribution in [3.63, 3.8) is 0 Å². The number of aryl methyl sites for hydroxylation is 2. The Morgan fingerprint density at radius 1 is 0.629 bits per heavy atom. The monoisotopic (exact) mass is 949 g/mol. The highest BCUT2D eigenvalue weighted by Crippen LogP contribution is 2.44. The predicted molar refractivity (Wildman–Crippen MR) is 269 cm³/mol. The summed E-state index contributed by atoms with van der Waals surface area (Å²) in [7, 11) is 3.91. The number of benzene rings is 2. The molecule has 368 valence electrons. The van der Waals surface area contributed by atoms with Crippen molar-refractivity contribution in [2.75, 3.05) is 62.4 Å². The zero-order chi connectivity index (χ0) is 48.2. The third-order valence-corrected chi connectivity index (χ3v) is 15.9. The van der Waals surface area contributed by atoms with Crippen LogP contribution in [-0.4, -0.2) is 113 Å². The van der Waals surface area contributed by atoms with Crippen LogP contribution in [0.3, 0.4) is 0 Å². The van der Waals surface area contributed by atoms with Crippen LogP contribution < -0.4 is 9.80 Å². The van der Waals surface area contributed by atoms with E-state index in [0.717, 1.165) is 114 Å². The zero-order valence-corrected chi connectivity index (χ0v) is 41.8. The molecule has 6 aliphatic rings. The Morgan fingerprint density at radius 3 is 1.43 bits per heavy atom. The number of carbonyl (C=O) groups excluding carboxylic acids is 2. The van der Waals surface area contributed by atoms with E-state index >= 15 is 0 Å². The van der Waals surface area contributed by atoms with E-state index in [0.29, 0.717) is 38.1 Å². The van der Waals surface area contributed by atoms with Gasteiger partial charge in [-0.05, 0) is 84.0 Å². The van der Waals surface area contributed by atoms with Crippen LogP contribution in [0.2, 0.25) is 0 Å². The summed E-state index contributed by atoms with van der Waals surface area (Å²) in [5.74, 6) is 3.40. The van der Waals surface area contributed by atoms with E-state index in [1.807, 2.05) is 45.7 Å². The minimum absolute atomic E-state index is 0.130. The Kier molecular flexibility index (Phi) is 12.6. The molecular formula is C54H68N12O4. The fourth-order valence-electron chi connectivity index (χ4n) is 11.8. The molecule has 2 amide bonds. The highest BCUT2D eigenvalue weighted by molar-refractivity contribution is 5.78. The van der Waals surface area contributed by atoms with Crippen molar-refractivity contribution in [3.05, 3.63) is 94.8 Å². The third-order valence-electron chi connectivity index (χ3n) is 15.9. The molecule has 16 heteroatoms. The predicted octanol–water partition coefficient (Wildman–Crippen LogP) is 7.74. The summed E-state index contributed by atoms with van der Waals surface area (Å²) in [4.78, 5) is 33.3. The first-order chi connectivity index (χ1) is 34.0. The van der Waals surface area contributed by atoms with Crippen molar-refractivity contribution >= 4 is 34.8 Å². The first-order valence-electron chi connectivity index (χ1n) is 25.7. The van der Waals surface area contributed by atoms with Gasteiger partial charge in [0, 0.05) is 138 Å². The molecule has 2 fully saturated rings. The molecule has 4 atom stereocenters. The second kappa shape index (κ2) is 19.2. The number of rotatable bonds is 8. The van der Waals surface area contributed by atoms with Gasteiger partial charge in [-0.15, -0.1) is 0 Å². The smallest absolute Gasteiger partial charge is 0.219 e. The Bertz CT molecular complexity index is 2700. The number of nitrogens with zero attached hydrogens (tertiary/aromatic N) is 12. The summed E-state index contributed by atoms with van der Waals surface area (Å²) in [5, 5.41) is 19.2. The lowest BCUT2D eigenvalue weighted by Gasteiger charge is -2.36. The molecule has 70 heavy (non-hydrogen) atoms. The molecule has 4 aromatic heterocycles. The van der Waals surface area contributed by atoms with Gasteiger partial charge in [0.25, 0.3) is 0 Å². The number of carbonyl (C=O) groups is 2. The number of hydrogen-bond acceptors (Lipinski definition) is 10. The molecule has 0 N–H and O–H groups in total. The maximum Gasteiger partial charge on any atom is 0.219 e. The quantitative estimate of drug-likeness (QED) is 0.149. The van der Waals surface area contributed by atoms with E-state index in [2.05, 4.69) is 92.0 Å². The molecule has 0 radical (unpaired) electrons. The molecule has 0 spiro atoms. The summed E-state index contributed by atoms with van der Waals surface area (Å²) in [5.41, 5.74) is 14.8. The second-order valence-corrected chi connectivity index (χ2v) is 20.5. The SMILES string of the molecule is CC[C@@H]1Cc2cc(-c3cnn(C)c3)ccc2N(c2nn([C@H]3CCOC3)c3c2CN(C(C)=O)CC3)C1.CC[C@H]1Cc2cc(-c3cnn(C)c3)ccc2N(c2nn([C@H]3CCOC3)c3c2CN(C(C)=O)CC3)C1. The van der Waals surface area contributed by atoms with Crippen LogP contribution in [0.5, 0.6) is 0 Å². The lowest BCUT2D eigenvalue weighted by Crippen LogP contribution is -2.36. The van der Waals surface area contributed by atoms with Gasteiger partial charge >= 0.3 is 0 Å². The van der Waals surface area contributed by atoms with E-state index in [4.69, 9.17) is 19.7 Å². The maximum absolute atomic E-state index is 12.3. The van der Waals surface area contributed by atoms with Gasteiger partial charge in [0.05, 0.1) is 50.8 Å². The zero-order valence-electron chi connectivity index (χ0n) is 41.8. The molecule has 0 saturated carbocycles.